The van der Waals surface area contributed by atoms with Crippen molar-refractivity contribution >= 4 is 17.4 Å². The molecule has 142 valence electrons. The van der Waals surface area contributed by atoms with Gasteiger partial charge in [0.15, 0.2) is 0 Å². The number of rotatable bonds is 3. The highest BCUT2D eigenvalue weighted by molar-refractivity contribution is 5.92. The zero-order chi connectivity index (χ0) is 18.6. The van der Waals surface area contributed by atoms with Crippen molar-refractivity contribution in [2.24, 2.45) is 0 Å². The molecule has 0 N–H and O–H groups in total. The van der Waals surface area contributed by atoms with E-state index in [2.05, 4.69) is 19.8 Å². The third kappa shape index (κ3) is 4.00. The molecule has 0 radical (unpaired) electrons. The summed E-state index contributed by atoms with van der Waals surface area (Å²) in [5.41, 5.74) is 1.39. The molecule has 0 bridgehead atoms. The molecule has 0 saturated carbocycles. The summed E-state index contributed by atoms with van der Waals surface area (Å²) in [7, 11) is 0. The average molecular weight is 371 g/mol. The van der Waals surface area contributed by atoms with Gasteiger partial charge in [-0.1, -0.05) is 0 Å². The third-order valence-electron chi connectivity index (χ3n) is 4.95. The van der Waals surface area contributed by atoms with E-state index < -0.39 is 0 Å². The van der Waals surface area contributed by atoms with Gasteiger partial charge in [-0.05, 0) is 24.3 Å². The van der Waals surface area contributed by atoms with E-state index in [0.717, 1.165) is 37.7 Å². The van der Waals surface area contributed by atoms with E-state index in [1.54, 1.807) is 29.4 Å². The van der Waals surface area contributed by atoms with Gasteiger partial charge in [0.1, 0.15) is 17.3 Å². The quantitative estimate of drug-likeness (QED) is 0.813. The maximum absolute atomic E-state index is 13.1. The van der Waals surface area contributed by atoms with Crippen molar-refractivity contribution in [3.8, 4) is 0 Å². The van der Waals surface area contributed by atoms with E-state index >= 15 is 0 Å². The second-order valence-corrected chi connectivity index (χ2v) is 6.61. The molecule has 2 aromatic rings. The third-order valence-corrected chi connectivity index (χ3v) is 4.95. The number of nitrogens with zero attached hydrogens (tertiary/aromatic N) is 5. The SMILES string of the molecule is O=C(c1cnc(N2CCN(c3ccc(F)cc3)CC2)cn1)N1CCOCC1. The number of anilines is 2. The van der Waals surface area contributed by atoms with Gasteiger partial charge in [-0.2, -0.15) is 0 Å². The Balaban J connectivity index is 1.36. The molecule has 0 aliphatic carbocycles. The lowest BCUT2D eigenvalue weighted by atomic mass is 10.2. The van der Waals surface area contributed by atoms with Crippen LogP contribution in [0.5, 0.6) is 0 Å². The van der Waals surface area contributed by atoms with E-state index in [4.69, 9.17) is 4.74 Å². The van der Waals surface area contributed by atoms with Gasteiger partial charge in [-0.25, -0.2) is 14.4 Å². The van der Waals surface area contributed by atoms with Crippen LogP contribution in [-0.4, -0.2) is 73.3 Å². The predicted octanol–water partition coefficient (Wildman–Crippen LogP) is 1.41. The van der Waals surface area contributed by atoms with Crippen LogP contribution in [-0.2, 0) is 4.74 Å². The first-order valence-corrected chi connectivity index (χ1v) is 9.15. The topological polar surface area (TPSA) is 61.8 Å². The molecule has 1 amide bonds. The van der Waals surface area contributed by atoms with Crippen LogP contribution in [0, 0.1) is 5.82 Å². The smallest absolute Gasteiger partial charge is 0.274 e. The Kier molecular flexibility index (Phi) is 5.15. The first-order chi connectivity index (χ1) is 13.2. The van der Waals surface area contributed by atoms with Crippen LogP contribution in [0.25, 0.3) is 0 Å². The van der Waals surface area contributed by atoms with Crippen molar-refractivity contribution in [2.45, 2.75) is 0 Å². The molecular formula is C19H22FN5O2. The van der Waals surface area contributed by atoms with E-state index in [9.17, 15) is 9.18 Å². The number of amides is 1. The molecule has 1 aromatic heterocycles. The molecule has 0 unspecified atom stereocenters. The number of benzene rings is 1. The van der Waals surface area contributed by atoms with Gasteiger partial charge in [0.05, 0.1) is 25.6 Å². The van der Waals surface area contributed by atoms with Gasteiger partial charge in [0.25, 0.3) is 5.91 Å². The fourth-order valence-corrected chi connectivity index (χ4v) is 3.37. The van der Waals surface area contributed by atoms with Crippen LogP contribution in [0.3, 0.4) is 0 Å². The predicted molar refractivity (Wildman–Crippen MR) is 99.6 cm³/mol. The van der Waals surface area contributed by atoms with Crippen molar-refractivity contribution in [1.29, 1.82) is 0 Å². The number of hydrogen-bond acceptors (Lipinski definition) is 6. The van der Waals surface area contributed by atoms with Crippen molar-refractivity contribution in [1.82, 2.24) is 14.9 Å². The van der Waals surface area contributed by atoms with E-state index in [-0.39, 0.29) is 11.7 Å². The van der Waals surface area contributed by atoms with Crippen LogP contribution in [0.2, 0.25) is 0 Å². The Morgan fingerprint density at radius 1 is 0.889 bits per heavy atom. The summed E-state index contributed by atoms with van der Waals surface area (Å²) in [6.45, 7) is 5.54. The summed E-state index contributed by atoms with van der Waals surface area (Å²) in [5.74, 6) is 0.449. The fourth-order valence-electron chi connectivity index (χ4n) is 3.37. The molecule has 2 fully saturated rings. The molecule has 4 rings (SSSR count). The van der Waals surface area contributed by atoms with Crippen LogP contribution in [0.1, 0.15) is 10.5 Å². The van der Waals surface area contributed by atoms with Gasteiger partial charge in [0, 0.05) is 45.0 Å². The minimum Gasteiger partial charge on any atom is -0.378 e. The molecule has 27 heavy (non-hydrogen) atoms. The second kappa shape index (κ2) is 7.87. The standard InChI is InChI=1S/C19H22FN5O2/c20-15-1-3-16(4-2-15)23-5-7-24(8-6-23)18-14-21-17(13-22-18)19(26)25-9-11-27-12-10-25/h1-4,13-14H,5-12H2. The number of ether oxygens (including phenoxy) is 1. The van der Waals surface area contributed by atoms with Crippen molar-refractivity contribution in [3.05, 3.63) is 48.2 Å². The van der Waals surface area contributed by atoms with Crippen LogP contribution >= 0.6 is 0 Å². The van der Waals surface area contributed by atoms with Crippen molar-refractivity contribution in [3.63, 3.8) is 0 Å². The highest BCUT2D eigenvalue weighted by Crippen LogP contribution is 2.19. The summed E-state index contributed by atoms with van der Waals surface area (Å²) < 4.78 is 18.3. The molecule has 7 nitrogen and oxygen atoms in total. The lowest BCUT2D eigenvalue weighted by molar-refractivity contribution is 0.0298. The van der Waals surface area contributed by atoms with E-state index in [1.165, 1.54) is 12.1 Å². The fraction of sp³-hybridized carbons (Fsp3) is 0.421. The first-order valence-electron chi connectivity index (χ1n) is 9.15. The lowest BCUT2D eigenvalue weighted by Gasteiger charge is -2.36. The van der Waals surface area contributed by atoms with Crippen LogP contribution < -0.4 is 9.80 Å². The molecule has 2 saturated heterocycles. The number of halogens is 1. The van der Waals surface area contributed by atoms with E-state index in [1.807, 2.05) is 0 Å². The van der Waals surface area contributed by atoms with Crippen LogP contribution in [0.15, 0.2) is 36.7 Å². The van der Waals surface area contributed by atoms with Gasteiger partial charge >= 0.3 is 0 Å². The van der Waals surface area contributed by atoms with Crippen molar-refractivity contribution < 1.29 is 13.9 Å². The first kappa shape index (κ1) is 17.7. The number of carbonyl (C=O) groups excluding carboxylic acids is 1. The summed E-state index contributed by atoms with van der Waals surface area (Å²) in [4.78, 5) is 27.3. The Morgan fingerprint density at radius 3 is 2.19 bits per heavy atom. The monoisotopic (exact) mass is 371 g/mol. The molecular weight excluding hydrogens is 349 g/mol. The number of aromatic nitrogens is 2. The highest BCUT2D eigenvalue weighted by atomic mass is 19.1. The number of hydrogen-bond donors (Lipinski definition) is 0. The highest BCUT2D eigenvalue weighted by Gasteiger charge is 2.22. The minimum atomic E-state index is -0.223. The maximum atomic E-state index is 13.1. The summed E-state index contributed by atoms with van der Waals surface area (Å²) in [5, 5.41) is 0. The molecule has 8 heteroatoms. The largest absolute Gasteiger partial charge is 0.378 e. The number of carbonyl (C=O) groups is 1. The van der Waals surface area contributed by atoms with Gasteiger partial charge in [-0.3, -0.25) is 4.79 Å². The average Bonchev–Trinajstić information content (AvgIpc) is 2.75. The van der Waals surface area contributed by atoms with Gasteiger partial charge in [0.2, 0.25) is 0 Å². The molecule has 1 aromatic carbocycles. The summed E-state index contributed by atoms with van der Waals surface area (Å²) in [6.07, 6.45) is 3.22. The number of morpholine rings is 1. The van der Waals surface area contributed by atoms with Gasteiger partial charge in [-0.15, -0.1) is 0 Å². The zero-order valence-electron chi connectivity index (χ0n) is 15.1. The lowest BCUT2D eigenvalue weighted by Crippen LogP contribution is -2.47. The molecule has 3 heterocycles. The maximum Gasteiger partial charge on any atom is 0.274 e. The van der Waals surface area contributed by atoms with Crippen LogP contribution in [0.4, 0.5) is 15.9 Å². The van der Waals surface area contributed by atoms with Crippen molar-refractivity contribution in [2.75, 3.05) is 62.3 Å². The minimum absolute atomic E-state index is 0.0986. The molecule has 0 spiro atoms. The number of piperazine rings is 1. The van der Waals surface area contributed by atoms with Gasteiger partial charge < -0.3 is 19.4 Å². The molecule has 2 aliphatic rings. The Morgan fingerprint density at radius 2 is 1.56 bits per heavy atom. The Labute approximate surface area is 157 Å². The Hall–Kier alpha value is -2.74. The molecule has 0 atom stereocenters. The Bertz CT molecular complexity index is 770. The summed E-state index contributed by atoms with van der Waals surface area (Å²) in [6, 6.07) is 6.57. The molecule has 2 aliphatic heterocycles. The zero-order valence-corrected chi connectivity index (χ0v) is 15.1. The second-order valence-electron chi connectivity index (χ2n) is 6.61. The normalized spacial score (nSPS) is 17.9. The van der Waals surface area contributed by atoms with E-state index in [0.29, 0.717) is 32.0 Å². The summed E-state index contributed by atoms with van der Waals surface area (Å²) >= 11 is 0.